The average molecular weight is 344 g/mol. The maximum absolute atomic E-state index is 12.2. The Hall–Kier alpha value is -1.82. The molecule has 1 fully saturated rings. The molecule has 1 aliphatic heterocycles. The van der Waals surface area contributed by atoms with Gasteiger partial charge in [-0.1, -0.05) is 48.9 Å². The molecule has 5 nitrogen and oxygen atoms in total. The highest BCUT2D eigenvalue weighted by atomic mass is 32.2. The van der Waals surface area contributed by atoms with Crippen LogP contribution in [0.1, 0.15) is 38.2 Å². The van der Waals surface area contributed by atoms with Gasteiger partial charge in [-0.2, -0.15) is 0 Å². The van der Waals surface area contributed by atoms with Crippen LogP contribution in [-0.4, -0.2) is 32.5 Å². The third-order valence-corrected chi connectivity index (χ3v) is 5.42. The summed E-state index contributed by atoms with van der Waals surface area (Å²) < 4.78 is 2.15. The fraction of sp³-hybridized carbons (Fsp3) is 0.500. The number of amides is 1. The molecule has 0 aliphatic carbocycles. The van der Waals surface area contributed by atoms with Crippen molar-refractivity contribution in [2.24, 2.45) is 0 Å². The molecule has 1 amide bonds. The van der Waals surface area contributed by atoms with E-state index in [1.54, 1.807) is 11.8 Å². The summed E-state index contributed by atoms with van der Waals surface area (Å²) in [7, 11) is 0. The van der Waals surface area contributed by atoms with E-state index >= 15 is 0 Å². The summed E-state index contributed by atoms with van der Waals surface area (Å²) in [5.41, 5.74) is 2.28. The predicted molar refractivity (Wildman–Crippen MR) is 97.0 cm³/mol. The largest absolute Gasteiger partial charge is 0.355 e. The van der Waals surface area contributed by atoms with Crippen LogP contribution in [0.3, 0.4) is 0 Å². The zero-order chi connectivity index (χ0) is 16.9. The van der Waals surface area contributed by atoms with Crippen molar-refractivity contribution in [3.05, 3.63) is 29.8 Å². The molecule has 3 rings (SSSR count). The Morgan fingerprint density at radius 1 is 1.33 bits per heavy atom. The standard InChI is InChI=1S/C18H24N4OS/c1-3-11-22-16(14-8-6-7-13(2)12-14)20-21-18(22)24-15-9-4-5-10-19-17(15)23/h6-8,12,15H,3-5,9-11H2,1-2H3,(H,19,23). The van der Waals surface area contributed by atoms with Gasteiger partial charge in [0.05, 0.1) is 5.25 Å². The van der Waals surface area contributed by atoms with Crippen molar-refractivity contribution in [3.63, 3.8) is 0 Å². The van der Waals surface area contributed by atoms with Gasteiger partial charge in [0.1, 0.15) is 0 Å². The van der Waals surface area contributed by atoms with Crippen LogP contribution in [-0.2, 0) is 11.3 Å². The summed E-state index contributed by atoms with van der Waals surface area (Å²) in [5, 5.41) is 12.6. The molecule has 1 N–H and O–H groups in total. The molecule has 1 unspecified atom stereocenters. The quantitative estimate of drug-likeness (QED) is 0.903. The normalized spacial score (nSPS) is 18.2. The van der Waals surface area contributed by atoms with Crippen LogP contribution < -0.4 is 5.32 Å². The molecule has 0 radical (unpaired) electrons. The molecule has 2 heterocycles. The lowest BCUT2D eigenvalue weighted by atomic mass is 10.1. The summed E-state index contributed by atoms with van der Waals surface area (Å²) in [6.07, 6.45) is 4.03. The second-order valence-electron chi connectivity index (χ2n) is 6.22. The summed E-state index contributed by atoms with van der Waals surface area (Å²) in [6.45, 7) is 5.86. The van der Waals surface area contributed by atoms with Gasteiger partial charge in [0.15, 0.2) is 11.0 Å². The fourth-order valence-corrected chi connectivity index (χ4v) is 4.07. The molecule has 0 spiro atoms. The molecule has 0 saturated carbocycles. The number of aryl methyl sites for hydroxylation is 1. The second kappa shape index (κ2) is 7.83. The van der Waals surface area contributed by atoms with Crippen LogP contribution in [0.2, 0.25) is 0 Å². The van der Waals surface area contributed by atoms with Gasteiger partial charge in [-0.25, -0.2) is 0 Å². The minimum atomic E-state index is -0.0716. The Labute approximate surface area is 147 Å². The van der Waals surface area contributed by atoms with E-state index in [9.17, 15) is 4.79 Å². The number of aromatic nitrogens is 3. The number of carbonyl (C=O) groups is 1. The fourth-order valence-electron chi connectivity index (χ4n) is 2.95. The van der Waals surface area contributed by atoms with Gasteiger partial charge < -0.3 is 9.88 Å². The smallest absolute Gasteiger partial charge is 0.233 e. The Morgan fingerprint density at radius 2 is 2.21 bits per heavy atom. The number of hydrogen-bond donors (Lipinski definition) is 1. The summed E-state index contributed by atoms with van der Waals surface area (Å²) in [6, 6.07) is 8.32. The maximum atomic E-state index is 12.2. The van der Waals surface area contributed by atoms with Crippen LogP contribution in [0.25, 0.3) is 11.4 Å². The highest BCUT2D eigenvalue weighted by molar-refractivity contribution is 8.00. The minimum absolute atomic E-state index is 0.0716. The summed E-state index contributed by atoms with van der Waals surface area (Å²) >= 11 is 1.55. The van der Waals surface area contributed by atoms with Crippen molar-refractivity contribution in [2.45, 2.75) is 56.5 Å². The first-order valence-corrected chi connectivity index (χ1v) is 9.51. The van der Waals surface area contributed by atoms with Crippen LogP contribution in [0.15, 0.2) is 29.4 Å². The van der Waals surface area contributed by atoms with Crippen molar-refractivity contribution in [2.75, 3.05) is 6.54 Å². The molecule has 128 valence electrons. The molecule has 2 aromatic rings. The Bertz CT molecular complexity index is 713. The number of nitrogens with zero attached hydrogens (tertiary/aromatic N) is 3. The summed E-state index contributed by atoms with van der Waals surface area (Å²) in [5.74, 6) is 1.01. The zero-order valence-corrected chi connectivity index (χ0v) is 15.1. The van der Waals surface area contributed by atoms with Crippen molar-refractivity contribution < 1.29 is 4.79 Å². The Morgan fingerprint density at radius 3 is 3.00 bits per heavy atom. The Balaban J connectivity index is 1.89. The van der Waals surface area contributed by atoms with Crippen LogP contribution in [0.4, 0.5) is 0 Å². The third-order valence-electron chi connectivity index (χ3n) is 4.17. The van der Waals surface area contributed by atoms with Crippen LogP contribution in [0.5, 0.6) is 0 Å². The maximum Gasteiger partial charge on any atom is 0.233 e. The third kappa shape index (κ3) is 3.80. The number of benzene rings is 1. The molecule has 1 saturated heterocycles. The number of carbonyl (C=O) groups excluding carboxylic acids is 1. The number of hydrogen-bond acceptors (Lipinski definition) is 4. The molecular weight excluding hydrogens is 320 g/mol. The van der Waals surface area contributed by atoms with Crippen molar-refractivity contribution in [1.82, 2.24) is 20.1 Å². The van der Waals surface area contributed by atoms with E-state index in [4.69, 9.17) is 0 Å². The second-order valence-corrected chi connectivity index (χ2v) is 7.39. The zero-order valence-electron chi connectivity index (χ0n) is 14.3. The van der Waals surface area contributed by atoms with Gasteiger partial charge in [-0.15, -0.1) is 10.2 Å². The molecule has 1 atom stereocenters. The van der Waals surface area contributed by atoms with Gasteiger partial charge in [0, 0.05) is 18.7 Å². The highest BCUT2D eigenvalue weighted by Crippen LogP contribution is 2.30. The molecule has 1 aromatic heterocycles. The SMILES string of the molecule is CCCn1c(SC2CCCCNC2=O)nnc1-c1cccc(C)c1. The number of rotatable bonds is 5. The van der Waals surface area contributed by atoms with Crippen molar-refractivity contribution >= 4 is 17.7 Å². The van der Waals surface area contributed by atoms with Crippen LogP contribution in [0, 0.1) is 6.92 Å². The molecule has 24 heavy (non-hydrogen) atoms. The topological polar surface area (TPSA) is 59.8 Å². The monoisotopic (exact) mass is 344 g/mol. The number of nitrogens with one attached hydrogen (secondary N) is 1. The molecular formula is C18H24N4OS. The first kappa shape index (κ1) is 17.0. The van der Waals surface area contributed by atoms with Gasteiger partial charge in [-0.05, 0) is 32.3 Å². The van der Waals surface area contributed by atoms with Gasteiger partial charge in [0.2, 0.25) is 5.91 Å². The van der Waals surface area contributed by atoms with E-state index in [0.29, 0.717) is 0 Å². The van der Waals surface area contributed by atoms with Gasteiger partial charge in [0.25, 0.3) is 0 Å². The first-order chi connectivity index (χ1) is 11.7. The lowest BCUT2D eigenvalue weighted by Crippen LogP contribution is -2.30. The first-order valence-electron chi connectivity index (χ1n) is 8.63. The predicted octanol–water partition coefficient (Wildman–Crippen LogP) is 3.42. The highest BCUT2D eigenvalue weighted by Gasteiger charge is 2.25. The Kier molecular flexibility index (Phi) is 5.56. The van der Waals surface area contributed by atoms with Crippen molar-refractivity contribution in [3.8, 4) is 11.4 Å². The van der Waals surface area contributed by atoms with Gasteiger partial charge in [-0.3, -0.25) is 4.79 Å². The molecule has 1 aliphatic rings. The van der Waals surface area contributed by atoms with Crippen LogP contribution >= 0.6 is 11.8 Å². The van der Waals surface area contributed by atoms with Crippen molar-refractivity contribution in [1.29, 1.82) is 0 Å². The molecule has 1 aromatic carbocycles. The van der Waals surface area contributed by atoms with E-state index in [-0.39, 0.29) is 11.2 Å². The lowest BCUT2D eigenvalue weighted by Gasteiger charge is -2.14. The van der Waals surface area contributed by atoms with Gasteiger partial charge >= 0.3 is 0 Å². The molecule has 6 heteroatoms. The molecule has 0 bridgehead atoms. The van der Waals surface area contributed by atoms with E-state index < -0.39 is 0 Å². The minimum Gasteiger partial charge on any atom is -0.355 e. The summed E-state index contributed by atoms with van der Waals surface area (Å²) in [4.78, 5) is 12.2. The average Bonchev–Trinajstić information content (AvgIpc) is 2.84. The van der Waals surface area contributed by atoms with E-state index in [1.807, 2.05) is 6.07 Å². The van der Waals surface area contributed by atoms with E-state index in [0.717, 1.165) is 55.3 Å². The van der Waals surface area contributed by atoms with E-state index in [2.05, 4.69) is 52.1 Å². The lowest BCUT2D eigenvalue weighted by molar-refractivity contribution is -0.120. The van der Waals surface area contributed by atoms with E-state index in [1.165, 1.54) is 5.56 Å². The number of thioether (sulfide) groups is 1.